The van der Waals surface area contributed by atoms with Gasteiger partial charge in [-0.3, -0.25) is 4.94 Å². The van der Waals surface area contributed by atoms with Crippen molar-refractivity contribution < 1.29 is 4.94 Å². The van der Waals surface area contributed by atoms with Gasteiger partial charge in [-0.1, -0.05) is 5.16 Å². The number of hydrogen-bond acceptors (Lipinski definition) is 3. The lowest BCUT2D eigenvalue weighted by atomic mass is 10.1. The molecule has 0 aromatic rings. The molecule has 1 saturated heterocycles. The summed E-state index contributed by atoms with van der Waals surface area (Å²) in [6.45, 7) is 5.13. The third kappa shape index (κ3) is 0.282. The first kappa shape index (κ1) is 4.32. The van der Waals surface area contributed by atoms with Crippen LogP contribution in [0.1, 0.15) is 13.8 Å². The molecule has 0 aromatic carbocycles. The maximum atomic E-state index is 4.86. The fourth-order valence-corrected chi connectivity index (χ4v) is 0.867. The van der Waals surface area contributed by atoms with Crippen molar-refractivity contribution >= 4 is 5.71 Å². The first-order valence-electron chi connectivity index (χ1n) is 2.73. The van der Waals surface area contributed by atoms with E-state index in [1.165, 1.54) is 0 Å². The van der Waals surface area contributed by atoms with Gasteiger partial charge in [0.1, 0.15) is 5.54 Å². The van der Waals surface area contributed by atoms with Crippen molar-refractivity contribution in [2.24, 2.45) is 5.16 Å². The van der Waals surface area contributed by atoms with Crippen LogP contribution >= 0.6 is 0 Å². The minimum atomic E-state index is 0.181. The molecule has 2 aliphatic rings. The Labute approximate surface area is 47.9 Å². The van der Waals surface area contributed by atoms with Gasteiger partial charge in [-0.25, -0.2) is 0 Å². The molecule has 8 heavy (non-hydrogen) atoms. The van der Waals surface area contributed by atoms with Gasteiger partial charge in [0, 0.05) is 0 Å². The van der Waals surface area contributed by atoms with Gasteiger partial charge < -0.3 is 0 Å². The molecule has 0 amide bonds. The van der Waals surface area contributed by atoms with Crippen molar-refractivity contribution in [2.75, 3.05) is 6.54 Å². The quantitative estimate of drug-likeness (QED) is 0.423. The molecule has 2 unspecified atom stereocenters. The zero-order valence-corrected chi connectivity index (χ0v) is 5.01. The summed E-state index contributed by atoms with van der Waals surface area (Å²) in [5.41, 5.74) is 1.28. The summed E-state index contributed by atoms with van der Waals surface area (Å²) < 4.78 is 0. The van der Waals surface area contributed by atoms with Crippen molar-refractivity contribution in [3.05, 3.63) is 0 Å². The molecule has 0 aliphatic carbocycles. The molecule has 0 N–H and O–H groups in total. The van der Waals surface area contributed by atoms with Crippen molar-refractivity contribution in [2.45, 2.75) is 19.4 Å². The molecular formula is C5H8N2O. The molecule has 0 bridgehead atoms. The normalized spacial score (nSPS) is 49.8. The predicted octanol–water partition coefficient (Wildman–Crippen LogP) is 0.382. The highest BCUT2D eigenvalue weighted by atomic mass is 16.8. The van der Waals surface area contributed by atoms with E-state index in [0.717, 1.165) is 12.3 Å². The highest BCUT2D eigenvalue weighted by Crippen LogP contribution is 2.37. The Morgan fingerprint density at radius 3 is 2.75 bits per heavy atom. The van der Waals surface area contributed by atoms with Gasteiger partial charge in [-0.15, -0.1) is 5.06 Å². The third-order valence-electron chi connectivity index (χ3n) is 1.95. The van der Waals surface area contributed by atoms with Gasteiger partial charge in [0.15, 0.2) is 0 Å². The van der Waals surface area contributed by atoms with Crippen LogP contribution in [0, 0.1) is 0 Å². The summed E-state index contributed by atoms with van der Waals surface area (Å²) in [6.07, 6.45) is 0. The maximum Gasteiger partial charge on any atom is 0.114 e. The molecule has 0 radical (unpaired) electrons. The highest BCUT2D eigenvalue weighted by molar-refractivity contribution is 5.94. The Morgan fingerprint density at radius 1 is 1.88 bits per heavy atom. The Bertz CT molecular complexity index is 166. The molecule has 2 heterocycles. The Balaban J connectivity index is 2.34. The molecular weight excluding hydrogens is 104 g/mol. The number of hydrogen-bond donors (Lipinski definition) is 0. The number of fused-ring (bicyclic) bond motifs is 1. The van der Waals surface area contributed by atoms with Gasteiger partial charge in [0.25, 0.3) is 0 Å². The van der Waals surface area contributed by atoms with Crippen LogP contribution in [0.4, 0.5) is 0 Å². The van der Waals surface area contributed by atoms with E-state index in [4.69, 9.17) is 4.94 Å². The van der Waals surface area contributed by atoms with E-state index in [9.17, 15) is 0 Å². The molecule has 2 atom stereocenters. The van der Waals surface area contributed by atoms with Crippen molar-refractivity contribution in [3.63, 3.8) is 0 Å². The number of hydroxylamine groups is 2. The van der Waals surface area contributed by atoms with Gasteiger partial charge in [-0.2, -0.15) is 0 Å². The van der Waals surface area contributed by atoms with Crippen LogP contribution in [0.2, 0.25) is 0 Å². The molecule has 0 spiro atoms. The second kappa shape index (κ2) is 0.910. The molecule has 1 fully saturated rings. The zero-order chi connectivity index (χ0) is 5.78. The van der Waals surface area contributed by atoms with Crippen molar-refractivity contribution in [1.82, 2.24) is 5.06 Å². The third-order valence-corrected chi connectivity index (χ3v) is 1.95. The van der Waals surface area contributed by atoms with E-state index < -0.39 is 0 Å². The monoisotopic (exact) mass is 112 g/mol. The minimum absolute atomic E-state index is 0.181. The standard InChI is InChI=1S/C5H8N2O/c1-4-5(2)3-7(5)8-6-4/h3H2,1-2H3. The van der Waals surface area contributed by atoms with Crippen LogP contribution in [0.5, 0.6) is 0 Å². The maximum absolute atomic E-state index is 4.86. The summed E-state index contributed by atoms with van der Waals surface area (Å²) in [7, 11) is 0. The van der Waals surface area contributed by atoms with Gasteiger partial charge in [0.05, 0.1) is 12.3 Å². The lowest BCUT2D eigenvalue weighted by Crippen LogP contribution is -2.16. The van der Waals surface area contributed by atoms with Crippen LogP contribution in [0.25, 0.3) is 0 Å². The van der Waals surface area contributed by atoms with Crippen LogP contribution in [-0.2, 0) is 4.94 Å². The van der Waals surface area contributed by atoms with Crippen molar-refractivity contribution in [1.29, 1.82) is 0 Å². The number of rotatable bonds is 0. The van der Waals surface area contributed by atoms with E-state index in [1.807, 2.05) is 12.0 Å². The summed E-state index contributed by atoms with van der Waals surface area (Å²) >= 11 is 0. The molecule has 3 heteroatoms. The Kier molecular flexibility index (Phi) is 0.492. The van der Waals surface area contributed by atoms with Crippen LogP contribution < -0.4 is 0 Å². The second-order valence-corrected chi connectivity index (χ2v) is 2.57. The first-order chi connectivity index (χ1) is 3.73. The summed E-state index contributed by atoms with van der Waals surface area (Å²) in [5.74, 6) is 0. The molecule has 44 valence electrons. The Hall–Kier alpha value is -0.570. The first-order valence-corrected chi connectivity index (χ1v) is 2.73. The Morgan fingerprint density at radius 2 is 2.62 bits per heavy atom. The lowest BCUT2D eigenvalue weighted by molar-refractivity contribution is -0.0614. The summed E-state index contributed by atoms with van der Waals surface area (Å²) in [5, 5.41) is 5.64. The fraction of sp³-hybridized carbons (Fsp3) is 0.800. The molecule has 3 nitrogen and oxygen atoms in total. The van der Waals surface area contributed by atoms with Crippen molar-refractivity contribution in [3.8, 4) is 0 Å². The smallest absolute Gasteiger partial charge is 0.114 e. The average Bonchev–Trinajstić information content (AvgIpc) is 2.31. The van der Waals surface area contributed by atoms with E-state index in [0.29, 0.717) is 0 Å². The SMILES string of the molecule is CC1=NON2CC12C. The van der Waals surface area contributed by atoms with Crippen LogP contribution in [-0.4, -0.2) is 22.9 Å². The second-order valence-electron chi connectivity index (χ2n) is 2.57. The number of nitrogens with zero attached hydrogens (tertiary/aromatic N) is 2. The summed E-state index contributed by atoms with van der Waals surface area (Å²) in [4.78, 5) is 4.86. The topological polar surface area (TPSA) is 24.6 Å². The minimum Gasteiger partial charge on any atom is -0.296 e. The molecule has 0 aromatic heterocycles. The van der Waals surface area contributed by atoms with Gasteiger partial charge in [-0.05, 0) is 13.8 Å². The van der Waals surface area contributed by atoms with E-state index in [1.54, 1.807) is 0 Å². The van der Waals surface area contributed by atoms with Crippen LogP contribution in [0.15, 0.2) is 5.16 Å². The summed E-state index contributed by atoms with van der Waals surface area (Å²) in [6, 6.07) is 0. The number of oxime groups is 1. The highest BCUT2D eigenvalue weighted by Gasteiger charge is 2.57. The van der Waals surface area contributed by atoms with Gasteiger partial charge >= 0.3 is 0 Å². The molecule has 2 aliphatic heterocycles. The largest absolute Gasteiger partial charge is 0.296 e. The van der Waals surface area contributed by atoms with Crippen LogP contribution in [0.3, 0.4) is 0 Å². The lowest BCUT2D eigenvalue weighted by Gasteiger charge is -1.93. The van der Waals surface area contributed by atoms with E-state index >= 15 is 0 Å². The molecule has 0 saturated carbocycles. The predicted molar refractivity (Wildman–Crippen MR) is 29.3 cm³/mol. The van der Waals surface area contributed by atoms with E-state index in [-0.39, 0.29) is 5.54 Å². The average molecular weight is 112 g/mol. The fourth-order valence-electron chi connectivity index (χ4n) is 0.867. The van der Waals surface area contributed by atoms with Gasteiger partial charge in [0.2, 0.25) is 0 Å². The van der Waals surface area contributed by atoms with E-state index in [2.05, 4.69) is 12.1 Å². The zero-order valence-electron chi connectivity index (χ0n) is 5.01. The molecule has 2 rings (SSSR count).